The van der Waals surface area contributed by atoms with Gasteiger partial charge >= 0.3 is 0 Å². The summed E-state index contributed by atoms with van der Waals surface area (Å²) in [4.78, 5) is 0.462. The molecule has 0 radical (unpaired) electrons. The highest BCUT2D eigenvalue weighted by Crippen LogP contribution is 2.32. The minimum Gasteiger partial charge on any atom is -0.0840 e. The Bertz CT molecular complexity index is 320. The summed E-state index contributed by atoms with van der Waals surface area (Å²) in [6, 6.07) is 4.24. The Hall–Kier alpha value is -0.0100. The largest absolute Gasteiger partial charge is 0.0840 e. The molecule has 0 aliphatic heterocycles. The third-order valence-electron chi connectivity index (χ3n) is 2.43. The quantitative estimate of drug-likeness (QED) is 0.666. The maximum absolute atomic E-state index is 6.05. The maximum Gasteiger partial charge on any atom is 0.0438 e. The molecule has 2 heteroatoms. The average molecular weight is 276 g/mol. The van der Waals surface area contributed by atoms with Gasteiger partial charge in [-0.15, -0.1) is 0 Å². The molecule has 0 N–H and O–H groups in total. The molecule has 0 heterocycles. The third kappa shape index (κ3) is 2.74. The van der Waals surface area contributed by atoms with Gasteiger partial charge in [-0.2, -0.15) is 0 Å². The van der Waals surface area contributed by atoms with Crippen LogP contribution in [0, 0.1) is 13.8 Å². The molecule has 1 aromatic rings. The first kappa shape index (κ1) is 12.1. The van der Waals surface area contributed by atoms with Gasteiger partial charge in [-0.25, -0.2) is 0 Å². The number of rotatable bonds is 3. The van der Waals surface area contributed by atoms with Gasteiger partial charge < -0.3 is 0 Å². The van der Waals surface area contributed by atoms with Gasteiger partial charge in [0.25, 0.3) is 0 Å². The first-order valence-corrected chi connectivity index (χ1v) is 6.26. The molecule has 0 spiro atoms. The topological polar surface area (TPSA) is 0 Å². The molecule has 0 aliphatic carbocycles. The van der Waals surface area contributed by atoms with Crippen molar-refractivity contribution in [3.8, 4) is 0 Å². The van der Waals surface area contributed by atoms with Crippen molar-refractivity contribution in [3.63, 3.8) is 0 Å². The summed E-state index contributed by atoms with van der Waals surface area (Å²) in [6.45, 7) is 6.37. The molecule has 0 amide bonds. The standard InChI is InChI=1S/C12H16BrCl/c1-4-5-11(13)10-6-9(3)12(14)7-8(10)2/h6-7,11H,4-5H2,1-3H3. The van der Waals surface area contributed by atoms with Crippen molar-refractivity contribution in [1.29, 1.82) is 0 Å². The van der Waals surface area contributed by atoms with Crippen molar-refractivity contribution in [2.45, 2.75) is 38.4 Å². The lowest BCUT2D eigenvalue weighted by atomic mass is 10.0. The van der Waals surface area contributed by atoms with Crippen LogP contribution in [0.5, 0.6) is 0 Å². The highest BCUT2D eigenvalue weighted by atomic mass is 79.9. The minimum absolute atomic E-state index is 0.462. The Morgan fingerprint density at radius 1 is 1.29 bits per heavy atom. The Labute approximate surface area is 99.8 Å². The highest BCUT2D eigenvalue weighted by Gasteiger charge is 2.10. The molecule has 1 unspecified atom stereocenters. The second-order valence-corrected chi connectivity index (χ2v) is 5.23. The molecule has 78 valence electrons. The van der Waals surface area contributed by atoms with Gasteiger partial charge in [-0.3, -0.25) is 0 Å². The van der Waals surface area contributed by atoms with E-state index in [1.54, 1.807) is 0 Å². The Balaban J connectivity index is 3.02. The lowest BCUT2D eigenvalue weighted by Crippen LogP contribution is -1.94. The van der Waals surface area contributed by atoms with Crippen molar-refractivity contribution in [2.24, 2.45) is 0 Å². The molecular weight excluding hydrogens is 259 g/mol. The van der Waals surface area contributed by atoms with Gasteiger partial charge in [0.05, 0.1) is 0 Å². The van der Waals surface area contributed by atoms with Crippen LogP contribution in [-0.2, 0) is 0 Å². The summed E-state index contributed by atoms with van der Waals surface area (Å²) in [7, 11) is 0. The number of alkyl halides is 1. The molecule has 0 aromatic heterocycles. The number of hydrogen-bond donors (Lipinski definition) is 0. The van der Waals surface area contributed by atoms with Crippen LogP contribution in [0.3, 0.4) is 0 Å². The predicted molar refractivity (Wildman–Crippen MR) is 67.5 cm³/mol. The van der Waals surface area contributed by atoms with E-state index in [4.69, 9.17) is 11.6 Å². The maximum atomic E-state index is 6.05. The Kier molecular flexibility index (Phi) is 4.46. The summed E-state index contributed by atoms with van der Waals surface area (Å²) in [5.41, 5.74) is 3.80. The second-order valence-electron chi connectivity index (χ2n) is 3.71. The van der Waals surface area contributed by atoms with E-state index in [0.717, 1.165) is 10.6 Å². The van der Waals surface area contributed by atoms with Crippen LogP contribution >= 0.6 is 27.5 Å². The van der Waals surface area contributed by atoms with Gasteiger partial charge in [0.1, 0.15) is 0 Å². The Morgan fingerprint density at radius 3 is 2.50 bits per heavy atom. The monoisotopic (exact) mass is 274 g/mol. The van der Waals surface area contributed by atoms with Crippen LogP contribution in [0.15, 0.2) is 12.1 Å². The van der Waals surface area contributed by atoms with Crippen LogP contribution in [0.2, 0.25) is 5.02 Å². The smallest absolute Gasteiger partial charge is 0.0438 e. The van der Waals surface area contributed by atoms with E-state index in [0.29, 0.717) is 4.83 Å². The van der Waals surface area contributed by atoms with Crippen molar-refractivity contribution >= 4 is 27.5 Å². The predicted octanol–water partition coefficient (Wildman–Crippen LogP) is 5.19. The number of hydrogen-bond acceptors (Lipinski definition) is 0. The van der Waals surface area contributed by atoms with Crippen molar-refractivity contribution in [2.75, 3.05) is 0 Å². The fourth-order valence-corrected chi connectivity index (χ4v) is 2.72. The van der Waals surface area contributed by atoms with E-state index < -0.39 is 0 Å². The number of halogens is 2. The first-order chi connectivity index (χ1) is 6.56. The van der Waals surface area contributed by atoms with Crippen LogP contribution in [0.1, 0.15) is 41.3 Å². The van der Waals surface area contributed by atoms with Crippen molar-refractivity contribution in [3.05, 3.63) is 33.8 Å². The van der Waals surface area contributed by atoms with Gasteiger partial charge in [0.2, 0.25) is 0 Å². The fraction of sp³-hybridized carbons (Fsp3) is 0.500. The molecule has 1 aromatic carbocycles. The van der Waals surface area contributed by atoms with Gasteiger partial charge in [0.15, 0.2) is 0 Å². The van der Waals surface area contributed by atoms with E-state index in [2.05, 4.69) is 48.8 Å². The van der Waals surface area contributed by atoms with Crippen LogP contribution in [-0.4, -0.2) is 0 Å². The molecule has 14 heavy (non-hydrogen) atoms. The fourth-order valence-electron chi connectivity index (χ4n) is 1.55. The first-order valence-electron chi connectivity index (χ1n) is 4.97. The molecule has 0 fully saturated rings. The van der Waals surface area contributed by atoms with E-state index >= 15 is 0 Å². The summed E-state index contributed by atoms with van der Waals surface area (Å²) in [6.07, 6.45) is 2.36. The van der Waals surface area contributed by atoms with Crippen LogP contribution in [0.25, 0.3) is 0 Å². The lowest BCUT2D eigenvalue weighted by Gasteiger charge is -2.14. The summed E-state index contributed by atoms with van der Waals surface area (Å²) < 4.78 is 0. The molecular formula is C12H16BrCl. The molecule has 0 nitrogen and oxygen atoms in total. The van der Waals surface area contributed by atoms with E-state index in [1.807, 2.05) is 0 Å². The van der Waals surface area contributed by atoms with Crippen LogP contribution in [0.4, 0.5) is 0 Å². The molecule has 0 aliphatic rings. The Morgan fingerprint density at radius 2 is 1.93 bits per heavy atom. The molecule has 0 saturated heterocycles. The van der Waals surface area contributed by atoms with E-state index in [1.165, 1.54) is 24.0 Å². The van der Waals surface area contributed by atoms with Crippen LogP contribution < -0.4 is 0 Å². The summed E-state index contributed by atoms with van der Waals surface area (Å²) >= 11 is 9.76. The van der Waals surface area contributed by atoms with Gasteiger partial charge in [0, 0.05) is 9.85 Å². The molecule has 0 saturated carbocycles. The minimum atomic E-state index is 0.462. The lowest BCUT2D eigenvalue weighted by molar-refractivity contribution is 0.784. The zero-order valence-corrected chi connectivity index (χ0v) is 11.2. The molecule has 1 rings (SSSR count). The third-order valence-corrected chi connectivity index (χ3v) is 3.79. The van der Waals surface area contributed by atoms with Gasteiger partial charge in [-0.05, 0) is 43.0 Å². The zero-order valence-electron chi connectivity index (χ0n) is 8.90. The van der Waals surface area contributed by atoms with E-state index in [-0.39, 0.29) is 0 Å². The molecule has 0 bridgehead atoms. The molecule has 1 atom stereocenters. The summed E-state index contributed by atoms with van der Waals surface area (Å²) in [5, 5.41) is 0.863. The SMILES string of the molecule is CCCC(Br)c1cc(C)c(Cl)cc1C. The highest BCUT2D eigenvalue weighted by molar-refractivity contribution is 9.09. The summed E-state index contributed by atoms with van der Waals surface area (Å²) in [5.74, 6) is 0. The van der Waals surface area contributed by atoms with E-state index in [9.17, 15) is 0 Å². The van der Waals surface area contributed by atoms with Gasteiger partial charge in [-0.1, -0.05) is 46.9 Å². The second kappa shape index (κ2) is 5.18. The zero-order chi connectivity index (χ0) is 10.7. The normalized spacial score (nSPS) is 12.9. The average Bonchev–Trinajstić information content (AvgIpc) is 2.11. The van der Waals surface area contributed by atoms with Crippen molar-refractivity contribution in [1.82, 2.24) is 0 Å². The number of aryl methyl sites for hydroxylation is 2. The number of benzene rings is 1. The van der Waals surface area contributed by atoms with Crippen molar-refractivity contribution < 1.29 is 0 Å².